The highest BCUT2D eigenvalue weighted by atomic mass is 79.9. The zero-order valence-corrected chi connectivity index (χ0v) is 14.1. The smallest absolute Gasteiger partial charge is 0.212 e. The Bertz CT molecular complexity index is 625. The molecule has 0 radical (unpaired) electrons. The van der Waals surface area contributed by atoms with Gasteiger partial charge in [-0.2, -0.15) is 5.10 Å². The van der Waals surface area contributed by atoms with E-state index in [0.29, 0.717) is 31.8 Å². The summed E-state index contributed by atoms with van der Waals surface area (Å²) in [5.41, 5.74) is 1.14. The van der Waals surface area contributed by atoms with Crippen LogP contribution in [0.2, 0.25) is 5.02 Å². The molecule has 0 aliphatic rings. The second-order valence-electron chi connectivity index (χ2n) is 4.02. The van der Waals surface area contributed by atoms with Crippen molar-refractivity contribution in [2.45, 2.75) is 19.9 Å². The Morgan fingerprint density at radius 1 is 1.37 bits per heavy atom. The van der Waals surface area contributed by atoms with Crippen LogP contribution in [-0.2, 0) is 6.54 Å². The van der Waals surface area contributed by atoms with Crippen LogP contribution in [0, 0.1) is 0 Å². The minimum absolute atomic E-state index is 0.0739. The predicted octanol–water partition coefficient (Wildman–Crippen LogP) is 4.70. The first-order valence-electron chi connectivity index (χ1n) is 5.75. The second kappa shape index (κ2) is 6.20. The van der Waals surface area contributed by atoms with E-state index in [2.05, 4.69) is 37.0 Å². The Morgan fingerprint density at radius 3 is 2.74 bits per heavy atom. The maximum atomic E-state index is 12.5. The van der Waals surface area contributed by atoms with E-state index in [1.54, 1.807) is 29.1 Å². The Labute approximate surface area is 133 Å². The summed E-state index contributed by atoms with van der Waals surface area (Å²) in [5, 5.41) is 4.78. The molecule has 1 heterocycles. The molecular formula is C13H11Br2ClN2O. The van der Waals surface area contributed by atoms with E-state index in [-0.39, 0.29) is 5.78 Å². The normalized spacial score (nSPS) is 10.7. The molecule has 0 spiro atoms. The Morgan fingerprint density at radius 2 is 2.11 bits per heavy atom. The largest absolute Gasteiger partial charge is 0.287 e. The van der Waals surface area contributed by atoms with E-state index in [0.717, 1.165) is 6.42 Å². The summed E-state index contributed by atoms with van der Waals surface area (Å²) < 4.78 is 3.13. The van der Waals surface area contributed by atoms with Gasteiger partial charge in [0, 0.05) is 16.6 Å². The number of hydrogen-bond donors (Lipinski definition) is 0. The summed E-state index contributed by atoms with van der Waals surface area (Å²) >= 11 is 12.6. The average molecular weight is 407 g/mol. The van der Waals surface area contributed by atoms with Crippen molar-refractivity contribution in [2.24, 2.45) is 0 Å². The van der Waals surface area contributed by atoms with Gasteiger partial charge in [-0.15, -0.1) is 0 Å². The molecule has 0 fully saturated rings. The van der Waals surface area contributed by atoms with Gasteiger partial charge in [-0.1, -0.05) is 18.5 Å². The average Bonchev–Trinajstić information content (AvgIpc) is 2.74. The summed E-state index contributed by atoms with van der Waals surface area (Å²) in [6.45, 7) is 2.75. The molecule has 0 saturated heterocycles. The van der Waals surface area contributed by atoms with Crippen LogP contribution in [0.4, 0.5) is 0 Å². The molecule has 19 heavy (non-hydrogen) atoms. The minimum atomic E-state index is -0.0739. The summed E-state index contributed by atoms with van der Waals surface area (Å²) in [5.74, 6) is -0.0739. The molecule has 0 unspecified atom stereocenters. The lowest BCUT2D eigenvalue weighted by Gasteiger charge is -2.07. The van der Waals surface area contributed by atoms with Gasteiger partial charge in [-0.05, 0) is 56.5 Å². The van der Waals surface area contributed by atoms with Gasteiger partial charge in [0.05, 0.1) is 15.7 Å². The fourth-order valence-electron chi connectivity index (χ4n) is 1.74. The van der Waals surface area contributed by atoms with Crippen molar-refractivity contribution in [3.8, 4) is 0 Å². The molecule has 3 nitrogen and oxygen atoms in total. The maximum Gasteiger partial charge on any atom is 0.212 e. The molecule has 6 heteroatoms. The highest BCUT2D eigenvalue weighted by Gasteiger charge is 2.19. The number of nitrogens with zero attached hydrogens (tertiary/aromatic N) is 2. The molecule has 1 aromatic heterocycles. The number of benzene rings is 1. The van der Waals surface area contributed by atoms with E-state index in [1.165, 1.54) is 0 Å². The van der Waals surface area contributed by atoms with Gasteiger partial charge >= 0.3 is 0 Å². The molecule has 0 bridgehead atoms. The van der Waals surface area contributed by atoms with Crippen LogP contribution < -0.4 is 0 Å². The van der Waals surface area contributed by atoms with Crippen LogP contribution in [0.1, 0.15) is 29.4 Å². The zero-order valence-electron chi connectivity index (χ0n) is 10.2. The maximum absolute atomic E-state index is 12.5. The Hall–Kier alpha value is -0.650. The topological polar surface area (TPSA) is 34.9 Å². The van der Waals surface area contributed by atoms with Crippen LogP contribution in [-0.4, -0.2) is 15.6 Å². The molecule has 0 aliphatic carbocycles. The molecule has 0 N–H and O–H groups in total. The number of ketones is 1. The van der Waals surface area contributed by atoms with Crippen LogP contribution in [0.5, 0.6) is 0 Å². The number of aryl methyl sites for hydroxylation is 1. The molecule has 2 aromatic rings. The first kappa shape index (κ1) is 14.8. The molecule has 0 amide bonds. The Balaban J connectivity index is 2.43. The van der Waals surface area contributed by atoms with E-state index in [4.69, 9.17) is 11.6 Å². The van der Waals surface area contributed by atoms with Crippen molar-refractivity contribution in [2.75, 3.05) is 0 Å². The van der Waals surface area contributed by atoms with Crippen LogP contribution >= 0.6 is 43.5 Å². The summed E-state index contributed by atoms with van der Waals surface area (Å²) in [6, 6.07) is 5.14. The molecular weight excluding hydrogens is 395 g/mol. The molecule has 1 aromatic carbocycles. The van der Waals surface area contributed by atoms with E-state index in [1.807, 2.05) is 6.92 Å². The summed E-state index contributed by atoms with van der Waals surface area (Å²) in [4.78, 5) is 12.5. The van der Waals surface area contributed by atoms with Gasteiger partial charge in [-0.25, -0.2) is 0 Å². The fourth-order valence-corrected chi connectivity index (χ4v) is 2.72. The van der Waals surface area contributed by atoms with Crippen molar-refractivity contribution in [1.82, 2.24) is 9.78 Å². The first-order chi connectivity index (χ1) is 9.04. The number of rotatable bonds is 4. The lowest BCUT2D eigenvalue weighted by Crippen LogP contribution is -2.12. The number of halogens is 3. The monoisotopic (exact) mass is 404 g/mol. The molecule has 0 aliphatic heterocycles. The first-order valence-corrected chi connectivity index (χ1v) is 7.72. The number of aromatic nitrogens is 2. The number of hydrogen-bond acceptors (Lipinski definition) is 2. The van der Waals surface area contributed by atoms with Crippen LogP contribution in [0.3, 0.4) is 0 Å². The molecule has 0 saturated carbocycles. The zero-order chi connectivity index (χ0) is 14.0. The SMILES string of the molecule is CCCn1ncc(Br)c1C(=O)c1ccc(Cl)c(Br)c1. The van der Waals surface area contributed by atoms with Crippen molar-refractivity contribution < 1.29 is 4.79 Å². The minimum Gasteiger partial charge on any atom is -0.287 e. The van der Waals surface area contributed by atoms with E-state index in [9.17, 15) is 4.79 Å². The van der Waals surface area contributed by atoms with Crippen LogP contribution in [0.25, 0.3) is 0 Å². The summed E-state index contributed by atoms with van der Waals surface area (Å²) in [7, 11) is 0. The standard InChI is InChI=1S/C13H11Br2ClN2O/c1-2-5-18-12(10(15)7-17-18)13(19)8-3-4-11(16)9(14)6-8/h3-4,6-7H,2,5H2,1H3. The third-order valence-corrected chi connectivity index (χ3v) is 4.42. The summed E-state index contributed by atoms with van der Waals surface area (Å²) in [6.07, 6.45) is 2.56. The van der Waals surface area contributed by atoms with Gasteiger partial charge in [0.25, 0.3) is 0 Å². The van der Waals surface area contributed by atoms with Gasteiger partial charge in [0.1, 0.15) is 5.69 Å². The van der Waals surface area contributed by atoms with Crippen molar-refractivity contribution >= 4 is 49.2 Å². The Kier molecular flexibility index (Phi) is 4.81. The lowest BCUT2D eigenvalue weighted by atomic mass is 10.1. The predicted molar refractivity (Wildman–Crippen MR) is 82.8 cm³/mol. The molecule has 100 valence electrons. The number of carbonyl (C=O) groups is 1. The lowest BCUT2D eigenvalue weighted by molar-refractivity contribution is 0.102. The van der Waals surface area contributed by atoms with Crippen molar-refractivity contribution in [3.05, 3.63) is 49.6 Å². The van der Waals surface area contributed by atoms with Gasteiger partial charge < -0.3 is 0 Å². The highest BCUT2D eigenvalue weighted by Crippen LogP contribution is 2.26. The van der Waals surface area contributed by atoms with Gasteiger partial charge in [-0.3, -0.25) is 9.48 Å². The second-order valence-corrected chi connectivity index (χ2v) is 6.14. The van der Waals surface area contributed by atoms with Crippen LogP contribution in [0.15, 0.2) is 33.3 Å². The van der Waals surface area contributed by atoms with E-state index < -0.39 is 0 Å². The highest BCUT2D eigenvalue weighted by molar-refractivity contribution is 9.10. The third-order valence-electron chi connectivity index (χ3n) is 2.63. The molecule has 0 atom stereocenters. The molecule has 2 rings (SSSR count). The quantitative estimate of drug-likeness (QED) is 0.690. The third kappa shape index (κ3) is 3.09. The van der Waals surface area contributed by atoms with Gasteiger partial charge in [0.15, 0.2) is 0 Å². The van der Waals surface area contributed by atoms with Gasteiger partial charge in [0.2, 0.25) is 5.78 Å². The number of carbonyl (C=O) groups excluding carboxylic acids is 1. The van der Waals surface area contributed by atoms with Crippen molar-refractivity contribution in [1.29, 1.82) is 0 Å². The van der Waals surface area contributed by atoms with E-state index >= 15 is 0 Å². The van der Waals surface area contributed by atoms with Crippen molar-refractivity contribution in [3.63, 3.8) is 0 Å². The fraction of sp³-hybridized carbons (Fsp3) is 0.231.